The number of fused-ring (bicyclic) bond motifs is 1. The molecule has 96 valence electrons. The Bertz CT molecular complexity index is 345. The highest BCUT2D eigenvalue weighted by Gasteiger charge is 2.19. The smallest absolute Gasteiger partial charge is 0.122 e. The van der Waals surface area contributed by atoms with Crippen LogP contribution < -0.4 is 5.73 Å². The minimum Gasteiger partial charge on any atom is -0.333 e. The molecule has 0 spiro atoms. The number of nitrogens with zero attached hydrogens (tertiary/aromatic N) is 3. The van der Waals surface area contributed by atoms with E-state index in [9.17, 15) is 0 Å². The number of rotatable bonds is 5. The van der Waals surface area contributed by atoms with Crippen molar-refractivity contribution >= 4 is 0 Å². The number of hydrogen-bond donors (Lipinski definition) is 1. The van der Waals surface area contributed by atoms with Crippen LogP contribution in [0.2, 0.25) is 0 Å². The molecule has 1 aliphatic heterocycles. The molecule has 2 N–H and O–H groups in total. The summed E-state index contributed by atoms with van der Waals surface area (Å²) >= 11 is 0. The van der Waals surface area contributed by atoms with Crippen LogP contribution in [0.5, 0.6) is 0 Å². The van der Waals surface area contributed by atoms with Gasteiger partial charge >= 0.3 is 0 Å². The van der Waals surface area contributed by atoms with Gasteiger partial charge in [-0.25, -0.2) is 4.98 Å². The van der Waals surface area contributed by atoms with Crippen LogP contribution in [0.3, 0.4) is 0 Å². The highest BCUT2D eigenvalue weighted by molar-refractivity contribution is 4.95. The highest BCUT2D eigenvalue weighted by atomic mass is 15.2. The minimum absolute atomic E-state index is 0.622. The van der Waals surface area contributed by atoms with Crippen LogP contribution in [-0.2, 0) is 13.1 Å². The highest BCUT2D eigenvalue weighted by Crippen LogP contribution is 2.16. The number of nitrogens with two attached hydrogens (primary N) is 1. The van der Waals surface area contributed by atoms with E-state index in [-0.39, 0.29) is 0 Å². The first-order chi connectivity index (χ1) is 8.19. The van der Waals surface area contributed by atoms with Gasteiger partial charge in [-0.2, -0.15) is 0 Å². The van der Waals surface area contributed by atoms with Crippen LogP contribution in [0.15, 0.2) is 12.4 Å². The van der Waals surface area contributed by atoms with E-state index in [0.717, 1.165) is 38.6 Å². The van der Waals surface area contributed by atoms with E-state index < -0.39 is 0 Å². The maximum atomic E-state index is 5.87. The summed E-state index contributed by atoms with van der Waals surface area (Å²) in [6.45, 7) is 9.61. The Morgan fingerprint density at radius 2 is 2.24 bits per heavy atom. The van der Waals surface area contributed by atoms with Crippen molar-refractivity contribution in [3.8, 4) is 0 Å². The predicted octanol–water partition coefficient (Wildman–Crippen LogP) is 1.32. The molecule has 0 aromatic carbocycles. The predicted molar refractivity (Wildman–Crippen MR) is 69.5 cm³/mol. The van der Waals surface area contributed by atoms with Gasteiger partial charge in [-0.1, -0.05) is 13.8 Å². The van der Waals surface area contributed by atoms with E-state index in [1.807, 2.05) is 6.20 Å². The fourth-order valence-corrected chi connectivity index (χ4v) is 2.66. The average Bonchev–Trinajstić information content (AvgIpc) is 2.74. The topological polar surface area (TPSA) is 47.1 Å². The summed E-state index contributed by atoms with van der Waals surface area (Å²) in [5.41, 5.74) is 5.87. The summed E-state index contributed by atoms with van der Waals surface area (Å²) in [6.07, 6.45) is 5.19. The summed E-state index contributed by atoms with van der Waals surface area (Å²) in [5, 5.41) is 0. The molecule has 0 bridgehead atoms. The Hall–Kier alpha value is -0.870. The lowest BCUT2D eigenvalue weighted by Gasteiger charge is -2.31. The van der Waals surface area contributed by atoms with E-state index in [1.54, 1.807) is 0 Å². The summed E-state index contributed by atoms with van der Waals surface area (Å²) < 4.78 is 2.25. The molecular weight excluding hydrogens is 212 g/mol. The lowest BCUT2D eigenvalue weighted by atomic mass is 9.96. The molecule has 0 radical (unpaired) electrons. The molecule has 0 fully saturated rings. The third-order valence-electron chi connectivity index (χ3n) is 3.48. The molecule has 2 rings (SSSR count). The van der Waals surface area contributed by atoms with Gasteiger partial charge in [0.1, 0.15) is 5.82 Å². The van der Waals surface area contributed by atoms with Gasteiger partial charge < -0.3 is 10.3 Å². The van der Waals surface area contributed by atoms with E-state index in [1.165, 1.54) is 12.2 Å². The first kappa shape index (κ1) is 12.6. The monoisotopic (exact) mass is 236 g/mol. The molecule has 1 aromatic heterocycles. The zero-order valence-electron chi connectivity index (χ0n) is 11.0. The Labute approximate surface area is 104 Å². The molecule has 17 heavy (non-hydrogen) atoms. The van der Waals surface area contributed by atoms with E-state index in [4.69, 9.17) is 5.73 Å². The Balaban J connectivity index is 1.88. The molecule has 1 unspecified atom stereocenters. The normalized spacial score (nSPS) is 18.4. The quantitative estimate of drug-likeness (QED) is 0.838. The lowest BCUT2D eigenvalue weighted by Crippen LogP contribution is -2.39. The van der Waals surface area contributed by atoms with Crippen molar-refractivity contribution in [3.63, 3.8) is 0 Å². The zero-order chi connectivity index (χ0) is 12.3. The summed E-state index contributed by atoms with van der Waals surface area (Å²) in [6, 6.07) is 0. The molecule has 0 saturated heterocycles. The molecule has 0 amide bonds. The van der Waals surface area contributed by atoms with Crippen molar-refractivity contribution in [2.75, 3.05) is 19.6 Å². The van der Waals surface area contributed by atoms with Crippen molar-refractivity contribution in [2.24, 2.45) is 17.6 Å². The van der Waals surface area contributed by atoms with Gasteiger partial charge in [0.2, 0.25) is 0 Å². The molecule has 4 heteroatoms. The molecule has 1 aliphatic rings. The van der Waals surface area contributed by atoms with Gasteiger partial charge in [0, 0.05) is 32.0 Å². The Kier molecular flexibility index (Phi) is 4.18. The van der Waals surface area contributed by atoms with E-state index >= 15 is 0 Å². The van der Waals surface area contributed by atoms with Crippen molar-refractivity contribution < 1.29 is 0 Å². The third kappa shape index (κ3) is 3.30. The SMILES string of the molecule is CC(C)CC(CN)CN1CCn2ccnc2C1. The Morgan fingerprint density at radius 3 is 2.94 bits per heavy atom. The summed E-state index contributed by atoms with van der Waals surface area (Å²) in [7, 11) is 0. The fraction of sp³-hybridized carbons (Fsp3) is 0.769. The van der Waals surface area contributed by atoms with Crippen LogP contribution in [0.25, 0.3) is 0 Å². The van der Waals surface area contributed by atoms with Crippen molar-refractivity contribution in [2.45, 2.75) is 33.4 Å². The van der Waals surface area contributed by atoms with Crippen LogP contribution in [0, 0.1) is 11.8 Å². The van der Waals surface area contributed by atoms with Gasteiger partial charge in [0.25, 0.3) is 0 Å². The largest absolute Gasteiger partial charge is 0.333 e. The second-order valence-corrected chi connectivity index (χ2v) is 5.50. The maximum Gasteiger partial charge on any atom is 0.122 e. The minimum atomic E-state index is 0.622. The van der Waals surface area contributed by atoms with Gasteiger partial charge in [-0.15, -0.1) is 0 Å². The van der Waals surface area contributed by atoms with Crippen LogP contribution >= 0.6 is 0 Å². The molecule has 1 atom stereocenters. The molecule has 1 aromatic rings. The summed E-state index contributed by atoms with van der Waals surface area (Å²) in [4.78, 5) is 6.88. The van der Waals surface area contributed by atoms with E-state index in [2.05, 4.69) is 34.5 Å². The first-order valence-corrected chi connectivity index (χ1v) is 6.61. The third-order valence-corrected chi connectivity index (χ3v) is 3.48. The second-order valence-electron chi connectivity index (χ2n) is 5.50. The number of imidazole rings is 1. The average molecular weight is 236 g/mol. The van der Waals surface area contributed by atoms with Crippen molar-refractivity contribution in [1.29, 1.82) is 0 Å². The van der Waals surface area contributed by atoms with E-state index in [0.29, 0.717) is 5.92 Å². The standard InChI is InChI=1S/C13H24N4/c1-11(2)7-12(8-14)9-16-5-6-17-4-3-15-13(17)10-16/h3-4,11-12H,5-10,14H2,1-2H3. The maximum absolute atomic E-state index is 5.87. The fourth-order valence-electron chi connectivity index (χ4n) is 2.66. The van der Waals surface area contributed by atoms with Crippen LogP contribution in [0.1, 0.15) is 26.1 Å². The summed E-state index contributed by atoms with van der Waals surface area (Å²) in [5.74, 6) is 2.54. The van der Waals surface area contributed by atoms with Gasteiger partial charge in [-0.3, -0.25) is 4.90 Å². The van der Waals surface area contributed by atoms with Gasteiger partial charge in [0.15, 0.2) is 0 Å². The molecule has 0 saturated carbocycles. The molecule has 0 aliphatic carbocycles. The first-order valence-electron chi connectivity index (χ1n) is 6.61. The van der Waals surface area contributed by atoms with Crippen LogP contribution in [0.4, 0.5) is 0 Å². The van der Waals surface area contributed by atoms with Gasteiger partial charge in [0.05, 0.1) is 6.54 Å². The number of aromatic nitrogens is 2. The van der Waals surface area contributed by atoms with Crippen molar-refractivity contribution in [3.05, 3.63) is 18.2 Å². The lowest BCUT2D eigenvalue weighted by molar-refractivity contribution is 0.176. The molecular formula is C13H24N4. The Morgan fingerprint density at radius 1 is 1.41 bits per heavy atom. The zero-order valence-corrected chi connectivity index (χ0v) is 11.0. The van der Waals surface area contributed by atoms with Crippen molar-refractivity contribution in [1.82, 2.24) is 14.5 Å². The second kappa shape index (κ2) is 5.65. The van der Waals surface area contributed by atoms with Gasteiger partial charge in [-0.05, 0) is 24.8 Å². The van der Waals surface area contributed by atoms with Crippen LogP contribution in [-0.4, -0.2) is 34.1 Å². The number of hydrogen-bond acceptors (Lipinski definition) is 3. The molecule has 4 nitrogen and oxygen atoms in total. The molecule has 2 heterocycles.